The first-order valence-corrected chi connectivity index (χ1v) is 15.1. The van der Waals surface area contributed by atoms with Crippen molar-refractivity contribution >= 4 is 23.4 Å². The van der Waals surface area contributed by atoms with Crippen LogP contribution >= 0.6 is 0 Å². The van der Waals surface area contributed by atoms with E-state index in [9.17, 15) is 24.4 Å². The van der Waals surface area contributed by atoms with Gasteiger partial charge in [-0.1, -0.05) is 53.2 Å². The standard InChI is InChI=1S/C33H45N3O5/c1-19-21-8-9-31(5)24(30(21,4)15-20(17-34)27(19)39)14-23(37)26-22-16-29(2,3)10-12-33(22,13-11-32(26,31)6)28(40)36-35-25(38)18-41-7/h14-15,19,21-22,26H,8-13,16,18H2,1-7H3,(H,35,38)(H,36,40)/t19-,21-,22?,26?,30-,31+,32+,33-/m0/s1. The number of hydrazine groups is 1. The molecule has 2 unspecified atom stereocenters. The molecule has 5 rings (SSSR count). The van der Waals surface area contributed by atoms with Crippen molar-refractivity contribution in [2.24, 2.45) is 50.7 Å². The Bertz CT molecular complexity index is 1310. The van der Waals surface area contributed by atoms with Crippen molar-refractivity contribution in [1.29, 1.82) is 5.26 Å². The molecular weight excluding hydrogens is 518 g/mol. The highest BCUT2D eigenvalue weighted by molar-refractivity contribution is 6.02. The lowest BCUT2D eigenvalue weighted by Crippen LogP contribution is -2.66. The first-order chi connectivity index (χ1) is 19.1. The smallest absolute Gasteiger partial charge is 0.264 e. The fourth-order valence-corrected chi connectivity index (χ4v) is 10.1. The molecule has 3 saturated carbocycles. The van der Waals surface area contributed by atoms with Crippen LogP contribution in [0, 0.1) is 62.1 Å². The summed E-state index contributed by atoms with van der Waals surface area (Å²) in [6.45, 7) is 12.9. The minimum atomic E-state index is -0.752. The molecule has 0 aromatic heterocycles. The van der Waals surface area contributed by atoms with Crippen LogP contribution in [-0.2, 0) is 23.9 Å². The van der Waals surface area contributed by atoms with Crippen molar-refractivity contribution < 1.29 is 23.9 Å². The van der Waals surface area contributed by atoms with E-state index in [0.717, 1.165) is 31.3 Å². The summed E-state index contributed by atoms with van der Waals surface area (Å²) in [5, 5.41) is 9.80. The Labute approximate surface area is 243 Å². The van der Waals surface area contributed by atoms with Gasteiger partial charge in [0.15, 0.2) is 11.6 Å². The van der Waals surface area contributed by atoms with Crippen molar-refractivity contribution in [3.8, 4) is 6.07 Å². The number of fused-ring (bicyclic) bond motifs is 7. The lowest BCUT2D eigenvalue weighted by Gasteiger charge is -2.68. The summed E-state index contributed by atoms with van der Waals surface area (Å²) in [7, 11) is 1.43. The SMILES string of the molecule is COCC(=O)NNC(=O)[C@]12CCC(C)(C)CC1C1C(=O)C=C3[C@@]4(C)C=C(C#N)C(=O)[C@@H](C)[C@@H]4CC[C@@]3(C)[C@]1(C)CC2. The van der Waals surface area contributed by atoms with Gasteiger partial charge in [0.1, 0.15) is 12.7 Å². The van der Waals surface area contributed by atoms with E-state index in [0.29, 0.717) is 19.3 Å². The zero-order valence-electron chi connectivity index (χ0n) is 25.6. The summed E-state index contributed by atoms with van der Waals surface area (Å²) in [5.41, 5.74) is 4.39. The van der Waals surface area contributed by atoms with E-state index in [1.54, 1.807) is 0 Å². The molecule has 5 aliphatic carbocycles. The third-order valence-electron chi connectivity index (χ3n) is 12.6. The predicted octanol–water partition coefficient (Wildman–Crippen LogP) is 4.61. The molecule has 3 fully saturated rings. The summed E-state index contributed by atoms with van der Waals surface area (Å²) >= 11 is 0. The van der Waals surface area contributed by atoms with E-state index in [4.69, 9.17) is 4.74 Å². The van der Waals surface area contributed by atoms with Gasteiger partial charge in [-0.2, -0.15) is 5.26 Å². The predicted molar refractivity (Wildman–Crippen MR) is 152 cm³/mol. The average Bonchev–Trinajstić information content (AvgIpc) is 2.90. The van der Waals surface area contributed by atoms with Crippen LogP contribution in [0.15, 0.2) is 23.3 Å². The number of hydrogen-bond donors (Lipinski definition) is 2. The van der Waals surface area contributed by atoms with Crippen LogP contribution in [0.1, 0.15) is 86.5 Å². The highest BCUT2D eigenvalue weighted by atomic mass is 16.5. The van der Waals surface area contributed by atoms with Crippen LogP contribution < -0.4 is 10.9 Å². The molecule has 41 heavy (non-hydrogen) atoms. The van der Waals surface area contributed by atoms with Gasteiger partial charge in [-0.3, -0.25) is 30.0 Å². The molecule has 8 heteroatoms. The number of nitriles is 1. The number of amides is 2. The van der Waals surface area contributed by atoms with Gasteiger partial charge in [0.2, 0.25) is 5.91 Å². The van der Waals surface area contributed by atoms with Crippen molar-refractivity contribution in [2.75, 3.05) is 13.7 Å². The number of carbonyl (C=O) groups excluding carboxylic acids is 4. The largest absolute Gasteiger partial charge is 0.375 e. The number of carbonyl (C=O) groups is 4. The molecule has 8 atom stereocenters. The maximum absolute atomic E-state index is 14.5. The lowest BCUT2D eigenvalue weighted by atomic mass is 9.35. The number of Topliss-reactive ketones (excluding diaryl/α,β-unsaturated/α-hetero) is 1. The second-order valence-corrected chi connectivity index (χ2v) is 15.0. The fourth-order valence-electron chi connectivity index (χ4n) is 10.1. The second-order valence-electron chi connectivity index (χ2n) is 15.0. The minimum absolute atomic E-state index is 0.0234. The molecule has 222 valence electrons. The molecule has 0 bridgehead atoms. The fraction of sp³-hybridized carbons (Fsp3) is 0.727. The van der Waals surface area contributed by atoms with Crippen molar-refractivity contribution in [2.45, 2.75) is 86.5 Å². The molecule has 8 nitrogen and oxygen atoms in total. The molecule has 2 amide bonds. The van der Waals surface area contributed by atoms with Crippen LogP contribution in [0.3, 0.4) is 0 Å². The Kier molecular flexibility index (Phi) is 6.97. The maximum Gasteiger partial charge on any atom is 0.264 e. The Hall–Kier alpha value is -2.79. The number of ether oxygens (including phenoxy) is 1. The molecule has 0 aromatic carbocycles. The number of allylic oxidation sites excluding steroid dienone is 4. The monoisotopic (exact) mass is 563 g/mol. The zero-order chi connectivity index (χ0) is 30.2. The molecule has 2 N–H and O–H groups in total. The van der Waals surface area contributed by atoms with E-state index in [1.807, 2.05) is 19.1 Å². The summed E-state index contributed by atoms with van der Waals surface area (Å²) in [6, 6.07) is 2.14. The normalized spacial score (nSPS) is 42.7. The Morgan fingerprint density at radius 1 is 1.02 bits per heavy atom. The third kappa shape index (κ3) is 4.09. The molecule has 0 spiro atoms. The van der Waals surface area contributed by atoms with E-state index >= 15 is 0 Å². The summed E-state index contributed by atoms with van der Waals surface area (Å²) in [6.07, 6.45) is 9.03. The van der Waals surface area contributed by atoms with E-state index < -0.39 is 22.2 Å². The maximum atomic E-state index is 14.5. The number of nitrogens with zero attached hydrogens (tertiary/aromatic N) is 1. The quantitative estimate of drug-likeness (QED) is 0.483. The molecule has 0 heterocycles. The van der Waals surface area contributed by atoms with Crippen LogP contribution in [0.4, 0.5) is 0 Å². The second kappa shape index (κ2) is 9.62. The molecule has 0 aromatic rings. The molecule has 0 saturated heterocycles. The summed E-state index contributed by atoms with van der Waals surface area (Å²) < 4.78 is 4.89. The Morgan fingerprint density at radius 3 is 2.37 bits per heavy atom. The van der Waals surface area contributed by atoms with E-state index in [2.05, 4.69) is 51.5 Å². The third-order valence-corrected chi connectivity index (χ3v) is 12.6. The average molecular weight is 564 g/mol. The lowest BCUT2D eigenvalue weighted by molar-refractivity contribution is -0.178. The van der Waals surface area contributed by atoms with Crippen molar-refractivity contribution in [3.05, 3.63) is 23.3 Å². The van der Waals surface area contributed by atoms with E-state index in [-0.39, 0.29) is 64.2 Å². The Balaban J connectivity index is 1.60. The molecular formula is C33H45N3O5. The summed E-state index contributed by atoms with van der Waals surface area (Å²) in [5.74, 6) is -1.43. The number of nitrogens with one attached hydrogen (secondary N) is 2. The Morgan fingerprint density at radius 2 is 1.71 bits per heavy atom. The van der Waals surface area contributed by atoms with E-state index in [1.165, 1.54) is 7.11 Å². The number of rotatable bonds is 3. The van der Waals surface area contributed by atoms with Gasteiger partial charge in [0.05, 0.1) is 11.0 Å². The molecule has 5 aliphatic rings. The van der Waals surface area contributed by atoms with Gasteiger partial charge >= 0.3 is 0 Å². The van der Waals surface area contributed by atoms with Gasteiger partial charge in [0, 0.05) is 24.4 Å². The van der Waals surface area contributed by atoms with Crippen LogP contribution in [0.2, 0.25) is 0 Å². The van der Waals surface area contributed by atoms with Crippen molar-refractivity contribution in [3.63, 3.8) is 0 Å². The van der Waals surface area contributed by atoms with Crippen LogP contribution in [0.25, 0.3) is 0 Å². The van der Waals surface area contributed by atoms with Gasteiger partial charge < -0.3 is 4.74 Å². The van der Waals surface area contributed by atoms with Crippen LogP contribution in [0.5, 0.6) is 0 Å². The number of hydrogen-bond acceptors (Lipinski definition) is 6. The zero-order valence-corrected chi connectivity index (χ0v) is 25.6. The topological polar surface area (TPSA) is 125 Å². The minimum Gasteiger partial charge on any atom is -0.375 e. The first kappa shape index (κ1) is 29.7. The first-order valence-electron chi connectivity index (χ1n) is 15.1. The number of methoxy groups -OCH3 is 1. The van der Waals surface area contributed by atoms with Gasteiger partial charge in [-0.25, -0.2) is 0 Å². The van der Waals surface area contributed by atoms with Crippen LogP contribution in [-0.4, -0.2) is 37.1 Å². The summed E-state index contributed by atoms with van der Waals surface area (Å²) in [4.78, 5) is 53.5. The highest BCUT2D eigenvalue weighted by Crippen LogP contribution is 2.73. The van der Waals surface area contributed by atoms with Gasteiger partial charge in [-0.15, -0.1) is 0 Å². The number of ketones is 2. The highest BCUT2D eigenvalue weighted by Gasteiger charge is 2.70. The van der Waals surface area contributed by atoms with Gasteiger partial charge in [0.25, 0.3) is 5.91 Å². The van der Waals surface area contributed by atoms with Gasteiger partial charge in [-0.05, 0) is 79.1 Å². The molecule has 0 radical (unpaired) electrons. The molecule has 0 aliphatic heterocycles. The van der Waals surface area contributed by atoms with Crippen molar-refractivity contribution in [1.82, 2.24) is 10.9 Å².